The van der Waals surface area contributed by atoms with E-state index in [2.05, 4.69) is 6.92 Å². The molecule has 3 heteroatoms. The van der Waals surface area contributed by atoms with Gasteiger partial charge >= 0.3 is 0 Å². The SMILES string of the molecule is CCCOc1ccc(OC)c(C=CC(=O)c2ccccc2)c1. The number of ketones is 1. The highest BCUT2D eigenvalue weighted by molar-refractivity contribution is 6.06. The third kappa shape index (κ3) is 4.22. The summed E-state index contributed by atoms with van der Waals surface area (Å²) in [6.07, 6.45) is 4.26. The van der Waals surface area contributed by atoms with Crippen LogP contribution in [0.5, 0.6) is 11.5 Å². The predicted molar refractivity (Wildman–Crippen MR) is 88.6 cm³/mol. The van der Waals surface area contributed by atoms with Gasteiger partial charge in [0.15, 0.2) is 5.78 Å². The fourth-order valence-electron chi connectivity index (χ4n) is 2.02. The molecule has 0 N–H and O–H groups in total. The number of allylic oxidation sites excluding steroid dienone is 1. The van der Waals surface area contributed by atoms with Crippen LogP contribution in [-0.4, -0.2) is 19.5 Å². The van der Waals surface area contributed by atoms with Crippen LogP contribution in [0.15, 0.2) is 54.6 Å². The average molecular weight is 296 g/mol. The molecule has 0 spiro atoms. The average Bonchev–Trinajstić information content (AvgIpc) is 2.58. The Morgan fingerprint density at radius 3 is 2.59 bits per heavy atom. The monoisotopic (exact) mass is 296 g/mol. The minimum Gasteiger partial charge on any atom is -0.496 e. The highest BCUT2D eigenvalue weighted by Gasteiger charge is 2.04. The maximum atomic E-state index is 12.1. The molecule has 2 rings (SSSR count). The molecule has 0 radical (unpaired) electrons. The lowest BCUT2D eigenvalue weighted by Gasteiger charge is -2.09. The normalized spacial score (nSPS) is 10.6. The summed E-state index contributed by atoms with van der Waals surface area (Å²) < 4.78 is 10.9. The first-order valence-corrected chi connectivity index (χ1v) is 7.33. The molecule has 0 aliphatic rings. The van der Waals surface area contributed by atoms with Crippen molar-refractivity contribution < 1.29 is 14.3 Å². The van der Waals surface area contributed by atoms with Gasteiger partial charge in [-0.15, -0.1) is 0 Å². The van der Waals surface area contributed by atoms with Crippen LogP contribution in [0.25, 0.3) is 6.08 Å². The Balaban J connectivity index is 2.19. The van der Waals surface area contributed by atoms with Crippen LogP contribution in [0.1, 0.15) is 29.3 Å². The highest BCUT2D eigenvalue weighted by Crippen LogP contribution is 2.25. The minimum absolute atomic E-state index is 0.0393. The molecule has 2 aromatic carbocycles. The second-order valence-corrected chi connectivity index (χ2v) is 4.82. The highest BCUT2D eigenvalue weighted by atomic mass is 16.5. The van der Waals surface area contributed by atoms with E-state index in [0.717, 1.165) is 17.7 Å². The molecule has 3 nitrogen and oxygen atoms in total. The molecule has 2 aromatic rings. The van der Waals surface area contributed by atoms with E-state index in [4.69, 9.17) is 9.47 Å². The van der Waals surface area contributed by atoms with Crippen molar-refractivity contribution in [1.82, 2.24) is 0 Å². The second-order valence-electron chi connectivity index (χ2n) is 4.82. The summed E-state index contributed by atoms with van der Waals surface area (Å²) in [6, 6.07) is 14.8. The van der Waals surface area contributed by atoms with Crippen LogP contribution in [0, 0.1) is 0 Å². The first kappa shape index (κ1) is 15.8. The Kier molecular flexibility index (Phi) is 5.78. The molecular formula is C19H20O3. The zero-order chi connectivity index (χ0) is 15.8. The first-order chi connectivity index (χ1) is 10.7. The molecule has 0 fully saturated rings. The van der Waals surface area contributed by atoms with Gasteiger partial charge in [-0.3, -0.25) is 4.79 Å². The third-order valence-electron chi connectivity index (χ3n) is 3.15. The van der Waals surface area contributed by atoms with Crippen LogP contribution in [-0.2, 0) is 0 Å². The molecule has 0 unspecified atom stereocenters. The minimum atomic E-state index is -0.0393. The molecule has 0 aliphatic heterocycles. The number of rotatable bonds is 7. The maximum Gasteiger partial charge on any atom is 0.185 e. The van der Waals surface area contributed by atoms with E-state index in [1.807, 2.05) is 36.4 Å². The summed E-state index contributed by atoms with van der Waals surface area (Å²) in [5.74, 6) is 1.44. The summed E-state index contributed by atoms with van der Waals surface area (Å²) in [6.45, 7) is 2.72. The van der Waals surface area contributed by atoms with E-state index in [1.165, 1.54) is 0 Å². The van der Waals surface area contributed by atoms with Crippen LogP contribution >= 0.6 is 0 Å². The van der Waals surface area contributed by atoms with Crippen molar-refractivity contribution in [3.8, 4) is 11.5 Å². The number of hydrogen-bond donors (Lipinski definition) is 0. The molecule has 0 saturated carbocycles. The first-order valence-electron chi connectivity index (χ1n) is 7.33. The fourth-order valence-corrected chi connectivity index (χ4v) is 2.02. The number of benzene rings is 2. The summed E-state index contributed by atoms with van der Waals surface area (Å²) in [5.41, 5.74) is 1.48. The van der Waals surface area contributed by atoms with Crippen molar-refractivity contribution >= 4 is 11.9 Å². The molecule has 0 saturated heterocycles. The maximum absolute atomic E-state index is 12.1. The van der Waals surface area contributed by atoms with Gasteiger partial charge in [0.05, 0.1) is 13.7 Å². The molecule has 0 aliphatic carbocycles. The molecule has 22 heavy (non-hydrogen) atoms. The fraction of sp³-hybridized carbons (Fsp3) is 0.211. The Hall–Kier alpha value is -2.55. The zero-order valence-corrected chi connectivity index (χ0v) is 12.9. The van der Waals surface area contributed by atoms with E-state index in [9.17, 15) is 4.79 Å². The van der Waals surface area contributed by atoms with Gasteiger partial charge in [-0.2, -0.15) is 0 Å². The lowest BCUT2D eigenvalue weighted by Crippen LogP contribution is -1.97. The Bertz CT molecular complexity index is 645. The molecule has 0 heterocycles. The molecular weight excluding hydrogens is 276 g/mol. The zero-order valence-electron chi connectivity index (χ0n) is 12.9. The van der Waals surface area contributed by atoms with E-state index < -0.39 is 0 Å². The molecule has 0 atom stereocenters. The van der Waals surface area contributed by atoms with E-state index in [-0.39, 0.29) is 5.78 Å². The van der Waals surface area contributed by atoms with Crippen LogP contribution in [0.3, 0.4) is 0 Å². The topological polar surface area (TPSA) is 35.5 Å². The van der Waals surface area contributed by atoms with E-state index in [1.54, 1.807) is 31.4 Å². The van der Waals surface area contributed by atoms with Crippen molar-refractivity contribution in [2.75, 3.05) is 13.7 Å². The van der Waals surface area contributed by atoms with Crippen LogP contribution < -0.4 is 9.47 Å². The molecule has 0 amide bonds. The molecule has 114 valence electrons. The summed E-state index contributed by atoms with van der Waals surface area (Å²) in [4.78, 5) is 12.1. The van der Waals surface area contributed by atoms with Gasteiger partial charge in [0.1, 0.15) is 11.5 Å². The van der Waals surface area contributed by atoms with Crippen molar-refractivity contribution in [2.45, 2.75) is 13.3 Å². The standard InChI is InChI=1S/C19H20O3/c1-3-13-22-17-10-12-19(21-2)16(14-17)9-11-18(20)15-7-5-4-6-8-15/h4-12,14H,3,13H2,1-2H3. The number of carbonyl (C=O) groups is 1. The lowest BCUT2D eigenvalue weighted by molar-refractivity contribution is 0.104. The van der Waals surface area contributed by atoms with Crippen molar-refractivity contribution in [3.05, 3.63) is 65.7 Å². The van der Waals surface area contributed by atoms with Crippen molar-refractivity contribution in [1.29, 1.82) is 0 Å². The van der Waals surface area contributed by atoms with Crippen molar-refractivity contribution in [3.63, 3.8) is 0 Å². The third-order valence-corrected chi connectivity index (χ3v) is 3.15. The summed E-state index contributed by atoms with van der Waals surface area (Å²) in [7, 11) is 1.61. The molecule has 0 aromatic heterocycles. The van der Waals surface area contributed by atoms with Gasteiger partial charge in [0.25, 0.3) is 0 Å². The smallest absolute Gasteiger partial charge is 0.185 e. The van der Waals surface area contributed by atoms with Crippen molar-refractivity contribution in [2.24, 2.45) is 0 Å². The quantitative estimate of drug-likeness (QED) is 0.562. The van der Waals surface area contributed by atoms with Gasteiger partial charge < -0.3 is 9.47 Å². The Morgan fingerprint density at radius 2 is 1.91 bits per heavy atom. The predicted octanol–water partition coefficient (Wildman–Crippen LogP) is 4.38. The van der Waals surface area contributed by atoms with E-state index >= 15 is 0 Å². The second kappa shape index (κ2) is 8.03. The van der Waals surface area contributed by atoms with Gasteiger partial charge in [-0.1, -0.05) is 37.3 Å². The van der Waals surface area contributed by atoms with E-state index in [0.29, 0.717) is 17.9 Å². The van der Waals surface area contributed by atoms with Crippen LogP contribution in [0.4, 0.5) is 0 Å². The lowest BCUT2D eigenvalue weighted by atomic mass is 10.1. The Labute approximate surface area is 131 Å². The van der Waals surface area contributed by atoms with Gasteiger partial charge in [0, 0.05) is 11.1 Å². The number of ether oxygens (including phenoxy) is 2. The largest absolute Gasteiger partial charge is 0.496 e. The summed E-state index contributed by atoms with van der Waals surface area (Å²) >= 11 is 0. The summed E-state index contributed by atoms with van der Waals surface area (Å²) in [5, 5.41) is 0. The number of hydrogen-bond acceptors (Lipinski definition) is 3. The Morgan fingerprint density at radius 1 is 1.14 bits per heavy atom. The van der Waals surface area contributed by atoms with Gasteiger partial charge in [0.2, 0.25) is 0 Å². The number of carbonyl (C=O) groups excluding carboxylic acids is 1. The van der Waals surface area contributed by atoms with Crippen LogP contribution in [0.2, 0.25) is 0 Å². The van der Waals surface area contributed by atoms with Gasteiger partial charge in [-0.25, -0.2) is 0 Å². The number of methoxy groups -OCH3 is 1. The molecule has 0 bridgehead atoms. The van der Waals surface area contributed by atoms with Gasteiger partial charge in [-0.05, 0) is 36.8 Å².